The normalized spacial score (nSPS) is 27.3. The van der Waals surface area contributed by atoms with Crippen LogP contribution in [0.2, 0.25) is 0 Å². The molecule has 2 heteroatoms. The van der Waals surface area contributed by atoms with E-state index in [1.165, 1.54) is 62.9 Å². The molecule has 0 aromatic heterocycles. The fraction of sp³-hybridized carbons (Fsp3) is 0.625. The van der Waals surface area contributed by atoms with Crippen LogP contribution in [-0.4, -0.2) is 19.1 Å². The minimum atomic E-state index is 0.463. The average Bonchev–Trinajstić information content (AvgIpc) is 2.82. The van der Waals surface area contributed by atoms with Gasteiger partial charge in [-0.05, 0) is 49.7 Å². The minimum absolute atomic E-state index is 0.463. The Balaban J connectivity index is 1.64. The maximum atomic E-state index is 6.17. The van der Waals surface area contributed by atoms with E-state index < -0.39 is 0 Å². The Kier molecular flexibility index (Phi) is 3.55. The zero-order valence-corrected chi connectivity index (χ0v) is 11.1. The van der Waals surface area contributed by atoms with E-state index in [0.29, 0.717) is 6.04 Å². The Hall–Kier alpha value is -1.02. The van der Waals surface area contributed by atoms with Crippen molar-refractivity contribution in [2.24, 2.45) is 11.7 Å². The first-order valence-corrected chi connectivity index (χ1v) is 7.43. The lowest BCUT2D eigenvalue weighted by atomic mass is 9.97. The van der Waals surface area contributed by atoms with Crippen LogP contribution in [0.5, 0.6) is 0 Å². The van der Waals surface area contributed by atoms with Gasteiger partial charge in [0.1, 0.15) is 0 Å². The molecule has 0 saturated heterocycles. The van der Waals surface area contributed by atoms with Gasteiger partial charge in [-0.25, -0.2) is 0 Å². The molecular weight excluding hydrogens is 220 g/mol. The molecule has 1 aliphatic carbocycles. The van der Waals surface area contributed by atoms with E-state index in [1.54, 1.807) is 0 Å². The zero-order valence-electron chi connectivity index (χ0n) is 11.1. The highest BCUT2D eigenvalue weighted by atomic mass is 15.1. The second kappa shape index (κ2) is 5.31. The lowest BCUT2D eigenvalue weighted by molar-refractivity contribution is 0.443. The number of aryl methyl sites for hydroxylation is 1. The predicted molar refractivity (Wildman–Crippen MR) is 76.9 cm³/mol. The maximum Gasteiger partial charge on any atom is 0.0398 e. The molecule has 1 aromatic carbocycles. The molecule has 0 radical (unpaired) electrons. The molecule has 18 heavy (non-hydrogen) atoms. The summed E-state index contributed by atoms with van der Waals surface area (Å²) in [5, 5.41) is 0. The van der Waals surface area contributed by atoms with Crippen molar-refractivity contribution >= 4 is 5.69 Å². The summed E-state index contributed by atoms with van der Waals surface area (Å²) in [6.07, 6.45) is 7.74. The van der Waals surface area contributed by atoms with E-state index in [4.69, 9.17) is 5.73 Å². The molecule has 1 saturated carbocycles. The largest absolute Gasteiger partial charge is 0.371 e. The maximum absolute atomic E-state index is 6.17. The summed E-state index contributed by atoms with van der Waals surface area (Å²) < 4.78 is 0. The summed E-state index contributed by atoms with van der Waals surface area (Å²) in [6.45, 7) is 2.41. The monoisotopic (exact) mass is 244 g/mol. The third-order valence-corrected chi connectivity index (χ3v) is 4.69. The molecule has 0 spiro atoms. The second-order valence-electron chi connectivity index (χ2n) is 5.86. The van der Waals surface area contributed by atoms with Crippen LogP contribution in [0, 0.1) is 5.92 Å². The number of nitrogens with two attached hydrogens (primary N) is 1. The van der Waals surface area contributed by atoms with Gasteiger partial charge in [0.2, 0.25) is 0 Å². The van der Waals surface area contributed by atoms with E-state index in [9.17, 15) is 0 Å². The molecule has 2 unspecified atom stereocenters. The van der Waals surface area contributed by atoms with Crippen molar-refractivity contribution in [3.8, 4) is 0 Å². The van der Waals surface area contributed by atoms with Gasteiger partial charge in [0.15, 0.2) is 0 Å². The fourth-order valence-electron chi connectivity index (χ4n) is 3.59. The topological polar surface area (TPSA) is 29.3 Å². The summed E-state index contributed by atoms with van der Waals surface area (Å²) in [7, 11) is 0. The molecule has 0 amide bonds. The van der Waals surface area contributed by atoms with Crippen molar-refractivity contribution < 1.29 is 0 Å². The molecule has 2 atom stereocenters. The number of para-hydroxylation sites is 1. The second-order valence-corrected chi connectivity index (χ2v) is 5.86. The van der Waals surface area contributed by atoms with Crippen LogP contribution in [0.4, 0.5) is 5.69 Å². The highest BCUT2D eigenvalue weighted by Crippen LogP contribution is 2.30. The van der Waals surface area contributed by atoms with Crippen molar-refractivity contribution in [2.45, 2.75) is 44.6 Å². The molecule has 3 rings (SSSR count). The van der Waals surface area contributed by atoms with Crippen LogP contribution < -0.4 is 10.6 Å². The fourth-order valence-corrected chi connectivity index (χ4v) is 3.59. The van der Waals surface area contributed by atoms with Crippen molar-refractivity contribution in [3.05, 3.63) is 29.8 Å². The van der Waals surface area contributed by atoms with Crippen molar-refractivity contribution in [1.29, 1.82) is 0 Å². The Morgan fingerprint density at radius 1 is 1.17 bits per heavy atom. The van der Waals surface area contributed by atoms with E-state index in [0.717, 1.165) is 5.92 Å². The van der Waals surface area contributed by atoms with Crippen LogP contribution in [-0.2, 0) is 6.42 Å². The lowest BCUT2D eigenvalue weighted by Crippen LogP contribution is -2.33. The van der Waals surface area contributed by atoms with Gasteiger partial charge in [-0.3, -0.25) is 0 Å². The third-order valence-electron chi connectivity index (χ3n) is 4.69. The van der Waals surface area contributed by atoms with Gasteiger partial charge < -0.3 is 10.6 Å². The van der Waals surface area contributed by atoms with E-state index in [-0.39, 0.29) is 0 Å². The average molecular weight is 244 g/mol. The van der Waals surface area contributed by atoms with Crippen molar-refractivity contribution in [2.75, 3.05) is 18.0 Å². The smallest absolute Gasteiger partial charge is 0.0398 e. The molecule has 1 heterocycles. The SMILES string of the molecule is NC1CCCC1CCN1CCCc2ccccc21. The van der Waals surface area contributed by atoms with Gasteiger partial charge >= 0.3 is 0 Å². The first-order chi connectivity index (χ1) is 8.84. The molecule has 2 N–H and O–H groups in total. The van der Waals surface area contributed by atoms with Gasteiger partial charge in [-0.2, -0.15) is 0 Å². The van der Waals surface area contributed by atoms with Crippen LogP contribution in [0.1, 0.15) is 37.7 Å². The summed E-state index contributed by atoms with van der Waals surface area (Å²) in [4.78, 5) is 2.57. The Morgan fingerprint density at radius 3 is 2.89 bits per heavy atom. The molecule has 98 valence electrons. The van der Waals surface area contributed by atoms with E-state index >= 15 is 0 Å². The van der Waals surface area contributed by atoms with Gasteiger partial charge in [0.05, 0.1) is 0 Å². The van der Waals surface area contributed by atoms with Crippen molar-refractivity contribution in [1.82, 2.24) is 0 Å². The third kappa shape index (κ3) is 2.39. The number of benzene rings is 1. The highest BCUT2D eigenvalue weighted by Gasteiger charge is 2.25. The van der Waals surface area contributed by atoms with Crippen LogP contribution in [0.3, 0.4) is 0 Å². The first-order valence-electron chi connectivity index (χ1n) is 7.43. The number of nitrogens with zero attached hydrogens (tertiary/aromatic N) is 1. The molecular formula is C16H24N2. The summed E-state index contributed by atoms with van der Waals surface area (Å²) in [6, 6.07) is 9.35. The van der Waals surface area contributed by atoms with Crippen LogP contribution in [0.15, 0.2) is 24.3 Å². The summed E-state index contributed by atoms with van der Waals surface area (Å²) in [5.41, 5.74) is 9.17. The summed E-state index contributed by atoms with van der Waals surface area (Å²) in [5.74, 6) is 0.763. The van der Waals surface area contributed by atoms with Gasteiger partial charge in [0.25, 0.3) is 0 Å². The molecule has 1 aliphatic heterocycles. The minimum Gasteiger partial charge on any atom is -0.371 e. The number of rotatable bonds is 3. The predicted octanol–water partition coefficient (Wildman–Crippen LogP) is 2.96. The zero-order chi connectivity index (χ0) is 12.4. The highest BCUT2D eigenvalue weighted by molar-refractivity contribution is 5.55. The lowest BCUT2D eigenvalue weighted by Gasteiger charge is -2.32. The Morgan fingerprint density at radius 2 is 2.06 bits per heavy atom. The van der Waals surface area contributed by atoms with E-state index in [2.05, 4.69) is 29.2 Å². The molecule has 1 fully saturated rings. The molecule has 1 aromatic rings. The van der Waals surface area contributed by atoms with Gasteiger partial charge in [0, 0.05) is 24.8 Å². The number of hydrogen-bond acceptors (Lipinski definition) is 2. The van der Waals surface area contributed by atoms with Crippen LogP contribution in [0.25, 0.3) is 0 Å². The van der Waals surface area contributed by atoms with Crippen LogP contribution >= 0.6 is 0 Å². The molecule has 2 aliphatic rings. The number of fused-ring (bicyclic) bond motifs is 1. The van der Waals surface area contributed by atoms with Crippen molar-refractivity contribution in [3.63, 3.8) is 0 Å². The Labute approximate surface area is 110 Å². The van der Waals surface area contributed by atoms with Gasteiger partial charge in [-0.1, -0.05) is 24.6 Å². The molecule has 2 nitrogen and oxygen atoms in total. The number of anilines is 1. The first kappa shape index (κ1) is 12.0. The molecule has 0 bridgehead atoms. The summed E-state index contributed by atoms with van der Waals surface area (Å²) >= 11 is 0. The van der Waals surface area contributed by atoms with Gasteiger partial charge in [-0.15, -0.1) is 0 Å². The quantitative estimate of drug-likeness (QED) is 0.885. The standard InChI is InChI=1S/C16H24N2/c17-15-8-3-6-13(15)10-12-18-11-4-7-14-5-1-2-9-16(14)18/h1-2,5,9,13,15H,3-4,6-8,10-12,17H2. The Bertz CT molecular complexity index is 402. The van der Waals surface area contributed by atoms with E-state index in [1.807, 2.05) is 0 Å². The number of hydrogen-bond donors (Lipinski definition) is 1.